The minimum Gasteiger partial charge on any atom is -0.476 e. The molecule has 0 heterocycles. The minimum atomic E-state index is -4.51. The number of rotatable bonds is 1. The number of carboxylic acid groups (broad SMARTS) is 1. The maximum Gasteiger partial charge on any atom is 0.363 e. The quantitative estimate of drug-likeness (QED) is 0.716. The van der Waals surface area contributed by atoms with Crippen molar-refractivity contribution < 1.29 is 26.7 Å². The van der Waals surface area contributed by atoms with E-state index in [4.69, 9.17) is 5.11 Å². The highest BCUT2D eigenvalue weighted by molar-refractivity contribution is 8.17. The lowest BCUT2D eigenvalue weighted by atomic mass is 10.2. The molecule has 1 aromatic carbocycles. The standard InChI is InChI=1S/C9H8O6S2/c1-6-2-4-7(5-3-6)17(14,15)9(8(10)11)16(12)13/h2-5H,1H3,(H,10,11). The lowest BCUT2D eigenvalue weighted by Crippen LogP contribution is -2.25. The van der Waals surface area contributed by atoms with E-state index in [0.717, 1.165) is 17.7 Å². The van der Waals surface area contributed by atoms with Crippen LogP contribution >= 0.6 is 0 Å². The van der Waals surface area contributed by atoms with E-state index in [1.54, 1.807) is 6.92 Å². The smallest absolute Gasteiger partial charge is 0.363 e. The van der Waals surface area contributed by atoms with Gasteiger partial charge in [-0.05, 0) is 19.1 Å². The molecular weight excluding hydrogens is 268 g/mol. The van der Waals surface area contributed by atoms with Gasteiger partial charge in [-0.25, -0.2) is 13.2 Å². The number of aliphatic carboxylic acids is 1. The fourth-order valence-electron chi connectivity index (χ4n) is 1.10. The molecule has 1 N–H and O–H groups in total. The van der Waals surface area contributed by atoms with Crippen molar-refractivity contribution in [3.8, 4) is 0 Å². The lowest BCUT2D eigenvalue weighted by molar-refractivity contribution is -0.128. The fourth-order valence-corrected chi connectivity index (χ4v) is 3.19. The number of carboxylic acids is 1. The Balaban J connectivity index is 3.55. The number of aryl methyl sites for hydroxylation is 1. The number of hydrogen-bond acceptors (Lipinski definition) is 5. The maximum absolute atomic E-state index is 11.7. The van der Waals surface area contributed by atoms with Gasteiger partial charge >= 0.3 is 5.97 Å². The van der Waals surface area contributed by atoms with Crippen LogP contribution in [0.4, 0.5) is 0 Å². The highest BCUT2D eigenvalue weighted by Gasteiger charge is 2.30. The number of carbonyl (C=O) groups is 1. The monoisotopic (exact) mass is 276 g/mol. The van der Waals surface area contributed by atoms with Crippen LogP contribution in [0.3, 0.4) is 0 Å². The van der Waals surface area contributed by atoms with Gasteiger partial charge in [0.25, 0.3) is 4.20 Å². The summed E-state index contributed by atoms with van der Waals surface area (Å²) in [6, 6.07) is 5.20. The summed E-state index contributed by atoms with van der Waals surface area (Å²) in [5.41, 5.74) is 0.768. The van der Waals surface area contributed by atoms with Gasteiger partial charge in [0.1, 0.15) is 0 Å². The van der Waals surface area contributed by atoms with Crippen molar-refractivity contribution in [2.75, 3.05) is 0 Å². The lowest BCUT2D eigenvalue weighted by Gasteiger charge is -2.01. The zero-order valence-electron chi connectivity index (χ0n) is 8.61. The predicted octanol–water partition coefficient (Wildman–Crippen LogP) is -0.138. The molecular formula is C9H8O6S2. The van der Waals surface area contributed by atoms with Crippen LogP contribution < -0.4 is 0 Å². The van der Waals surface area contributed by atoms with E-state index in [0.29, 0.717) is 0 Å². The highest BCUT2D eigenvalue weighted by atomic mass is 32.2. The third kappa shape index (κ3) is 2.71. The van der Waals surface area contributed by atoms with Crippen molar-refractivity contribution >= 4 is 30.3 Å². The zero-order valence-corrected chi connectivity index (χ0v) is 10.2. The van der Waals surface area contributed by atoms with Crippen LogP contribution in [0.1, 0.15) is 5.56 Å². The second-order valence-corrected chi connectivity index (χ2v) is 6.17. The van der Waals surface area contributed by atoms with E-state index in [-0.39, 0.29) is 4.90 Å². The van der Waals surface area contributed by atoms with Gasteiger partial charge in [-0.1, -0.05) is 17.7 Å². The predicted molar refractivity (Wildman–Crippen MR) is 59.9 cm³/mol. The van der Waals surface area contributed by atoms with Gasteiger partial charge < -0.3 is 5.11 Å². The zero-order chi connectivity index (χ0) is 13.2. The summed E-state index contributed by atoms with van der Waals surface area (Å²) in [6.45, 7) is 1.71. The van der Waals surface area contributed by atoms with Gasteiger partial charge in [0.05, 0.1) is 4.90 Å². The first kappa shape index (κ1) is 13.4. The molecule has 0 aliphatic carbocycles. The Morgan fingerprint density at radius 3 is 2.00 bits per heavy atom. The Hall–Kier alpha value is -1.67. The molecule has 1 aromatic rings. The van der Waals surface area contributed by atoms with E-state index in [2.05, 4.69) is 0 Å². The molecule has 92 valence electrons. The number of hydrogen-bond donors (Lipinski definition) is 1. The van der Waals surface area contributed by atoms with Crippen molar-refractivity contribution in [3.63, 3.8) is 0 Å². The van der Waals surface area contributed by atoms with Crippen LogP contribution in [0.25, 0.3) is 0 Å². The van der Waals surface area contributed by atoms with Crippen molar-refractivity contribution in [2.24, 2.45) is 0 Å². The van der Waals surface area contributed by atoms with Crippen LogP contribution in [0.5, 0.6) is 0 Å². The van der Waals surface area contributed by atoms with E-state index in [1.165, 1.54) is 12.1 Å². The molecule has 0 unspecified atom stereocenters. The van der Waals surface area contributed by atoms with Crippen LogP contribution in [0, 0.1) is 6.92 Å². The summed E-state index contributed by atoms with van der Waals surface area (Å²) in [7, 11) is -7.84. The third-order valence-corrected chi connectivity index (χ3v) is 5.00. The van der Waals surface area contributed by atoms with Crippen LogP contribution in [0.15, 0.2) is 29.2 Å². The molecule has 1 rings (SSSR count). The van der Waals surface area contributed by atoms with Crippen molar-refractivity contribution in [3.05, 3.63) is 29.8 Å². The van der Waals surface area contributed by atoms with Crippen molar-refractivity contribution in [1.82, 2.24) is 0 Å². The second-order valence-electron chi connectivity index (χ2n) is 3.14. The second kappa shape index (κ2) is 4.68. The summed E-state index contributed by atoms with van der Waals surface area (Å²) >= 11 is 0. The first-order valence-electron chi connectivity index (χ1n) is 4.28. The third-order valence-electron chi connectivity index (χ3n) is 1.90. The Labute approximate surface area is 99.0 Å². The average molecular weight is 276 g/mol. The first-order chi connectivity index (χ1) is 7.76. The van der Waals surface area contributed by atoms with E-state index in [9.17, 15) is 21.6 Å². The number of benzene rings is 1. The highest BCUT2D eigenvalue weighted by Crippen LogP contribution is 2.13. The molecule has 0 fully saturated rings. The van der Waals surface area contributed by atoms with Crippen LogP contribution in [-0.4, -0.2) is 32.1 Å². The van der Waals surface area contributed by atoms with Gasteiger partial charge in [0.15, 0.2) is 0 Å². The topological polar surface area (TPSA) is 106 Å². The van der Waals surface area contributed by atoms with Gasteiger partial charge in [-0.3, -0.25) is 0 Å². The molecule has 0 aliphatic heterocycles. The molecule has 0 spiro atoms. The normalized spacial score (nSPS) is 10.9. The van der Waals surface area contributed by atoms with Crippen LogP contribution in [0.2, 0.25) is 0 Å². The van der Waals surface area contributed by atoms with Gasteiger partial charge in [-0.15, -0.1) is 0 Å². The molecule has 0 saturated heterocycles. The summed E-state index contributed by atoms with van der Waals surface area (Å²) in [5, 5.41) is 8.59. The van der Waals surface area contributed by atoms with Crippen molar-refractivity contribution in [1.29, 1.82) is 0 Å². The average Bonchev–Trinajstić information content (AvgIpc) is 2.16. The summed E-state index contributed by atoms with van der Waals surface area (Å²) in [5.74, 6) is -2.00. The summed E-state index contributed by atoms with van der Waals surface area (Å²) in [4.78, 5) is 10.2. The van der Waals surface area contributed by atoms with Crippen molar-refractivity contribution in [2.45, 2.75) is 11.8 Å². The maximum atomic E-state index is 11.7. The van der Waals surface area contributed by atoms with E-state index in [1.807, 2.05) is 0 Å². The molecule has 0 radical (unpaired) electrons. The molecule has 17 heavy (non-hydrogen) atoms. The fraction of sp³-hybridized carbons (Fsp3) is 0.111. The number of sulfone groups is 1. The molecule has 0 amide bonds. The molecule has 0 aliphatic rings. The van der Waals surface area contributed by atoms with Gasteiger partial charge in [0.2, 0.25) is 20.1 Å². The van der Waals surface area contributed by atoms with E-state index < -0.39 is 30.3 Å². The first-order valence-corrected chi connectivity index (χ1v) is 6.84. The molecule has 0 aromatic heterocycles. The van der Waals surface area contributed by atoms with Gasteiger partial charge in [-0.2, -0.15) is 8.42 Å². The Kier molecular flexibility index (Phi) is 3.69. The minimum absolute atomic E-state index is 0.371. The Morgan fingerprint density at radius 2 is 1.65 bits per heavy atom. The summed E-state index contributed by atoms with van der Waals surface area (Å²) < 4.78 is 43.1. The molecule has 6 nitrogen and oxygen atoms in total. The molecule has 0 bridgehead atoms. The van der Waals surface area contributed by atoms with E-state index >= 15 is 0 Å². The molecule has 8 heteroatoms. The Bertz CT molecular complexity index is 672. The largest absolute Gasteiger partial charge is 0.476 e. The molecule has 0 saturated carbocycles. The Morgan fingerprint density at radius 1 is 1.18 bits per heavy atom. The molecule has 0 atom stereocenters. The van der Waals surface area contributed by atoms with Crippen LogP contribution in [-0.2, 0) is 24.9 Å². The van der Waals surface area contributed by atoms with Gasteiger partial charge in [0, 0.05) is 0 Å². The summed E-state index contributed by atoms with van der Waals surface area (Å²) in [6.07, 6.45) is 0. The SMILES string of the molecule is Cc1ccc(S(=O)(=O)C(C(=O)O)=S(=O)=O)cc1.